The Morgan fingerprint density at radius 2 is 2.30 bits per heavy atom. The van der Waals surface area contributed by atoms with Gasteiger partial charge in [-0.3, -0.25) is 4.79 Å². The van der Waals surface area contributed by atoms with Crippen LogP contribution in [0.5, 0.6) is 0 Å². The van der Waals surface area contributed by atoms with Crippen molar-refractivity contribution in [3.63, 3.8) is 0 Å². The summed E-state index contributed by atoms with van der Waals surface area (Å²) in [6.45, 7) is 4.13. The van der Waals surface area contributed by atoms with Crippen LogP contribution in [0.25, 0.3) is 0 Å². The van der Waals surface area contributed by atoms with Crippen LogP contribution >= 0.6 is 0 Å². The van der Waals surface area contributed by atoms with Crippen molar-refractivity contribution in [2.75, 3.05) is 19.8 Å². The fourth-order valence-corrected chi connectivity index (χ4v) is 3.82. The lowest BCUT2D eigenvalue weighted by Gasteiger charge is -2.39. The Balaban J connectivity index is 1.61. The van der Waals surface area contributed by atoms with E-state index in [4.69, 9.17) is 9.47 Å². The summed E-state index contributed by atoms with van der Waals surface area (Å²) in [5, 5.41) is 0. The maximum absolute atomic E-state index is 12.6. The first-order valence-corrected chi connectivity index (χ1v) is 7.99. The van der Waals surface area contributed by atoms with Crippen LogP contribution in [0, 0.1) is 5.92 Å². The second kappa shape index (κ2) is 6.27. The van der Waals surface area contributed by atoms with Crippen molar-refractivity contribution >= 4 is 5.91 Å². The van der Waals surface area contributed by atoms with Crippen molar-refractivity contribution in [1.29, 1.82) is 0 Å². The number of hydrogen-bond donors (Lipinski definition) is 0. The number of morpholine rings is 1. The zero-order valence-corrected chi connectivity index (χ0v) is 12.3. The average Bonchev–Trinajstić information content (AvgIpc) is 3.09. The highest BCUT2D eigenvalue weighted by Gasteiger charge is 2.44. The third kappa shape index (κ3) is 2.77. The van der Waals surface area contributed by atoms with Crippen molar-refractivity contribution in [1.82, 2.24) is 4.90 Å². The first-order chi connectivity index (χ1) is 9.79. The summed E-state index contributed by atoms with van der Waals surface area (Å²) in [7, 11) is 0. The minimum atomic E-state index is 0.0896. The van der Waals surface area contributed by atoms with Gasteiger partial charge >= 0.3 is 0 Å². The first kappa shape index (κ1) is 14.1. The molecule has 0 aromatic carbocycles. The monoisotopic (exact) mass is 279 g/mol. The number of allylic oxidation sites excluding steroid dienone is 2. The summed E-state index contributed by atoms with van der Waals surface area (Å²) >= 11 is 0. The molecule has 112 valence electrons. The van der Waals surface area contributed by atoms with E-state index in [-0.39, 0.29) is 18.2 Å². The predicted octanol–water partition coefficient (Wildman–Crippen LogP) is 2.14. The SMILES string of the molecule is CCO[C@H]1CC[C@H]2[C@H]1OCCN2C(=O)C[C@H]1C=CCC1. The molecule has 0 unspecified atom stereocenters. The van der Waals surface area contributed by atoms with E-state index in [9.17, 15) is 4.79 Å². The van der Waals surface area contributed by atoms with Crippen molar-refractivity contribution in [2.45, 2.75) is 57.3 Å². The van der Waals surface area contributed by atoms with Crippen LogP contribution in [0.4, 0.5) is 0 Å². The van der Waals surface area contributed by atoms with Crippen LogP contribution in [0.3, 0.4) is 0 Å². The van der Waals surface area contributed by atoms with Gasteiger partial charge in [-0.25, -0.2) is 0 Å². The molecule has 2 aliphatic carbocycles. The Kier molecular flexibility index (Phi) is 4.41. The highest BCUT2D eigenvalue weighted by Crippen LogP contribution is 2.33. The van der Waals surface area contributed by atoms with Gasteiger partial charge in [0.1, 0.15) is 6.10 Å². The molecule has 0 radical (unpaired) electrons. The zero-order valence-electron chi connectivity index (χ0n) is 12.3. The van der Waals surface area contributed by atoms with E-state index in [1.54, 1.807) is 0 Å². The van der Waals surface area contributed by atoms with E-state index in [1.165, 1.54) is 0 Å². The maximum Gasteiger partial charge on any atom is 0.223 e. The topological polar surface area (TPSA) is 38.8 Å². The molecule has 2 fully saturated rings. The van der Waals surface area contributed by atoms with E-state index in [1.807, 2.05) is 6.92 Å². The number of carbonyl (C=O) groups excluding carboxylic acids is 1. The lowest BCUT2D eigenvalue weighted by molar-refractivity contribution is -0.151. The number of carbonyl (C=O) groups is 1. The molecule has 1 saturated heterocycles. The van der Waals surface area contributed by atoms with Gasteiger partial charge in [0.15, 0.2) is 0 Å². The lowest BCUT2D eigenvalue weighted by atomic mass is 10.0. The molecule has 0 spiro atoms. The molecule has 1 amide bonds. The first-order valence-electron chi connectivity index (χ1n) is 7.99. The number of hydrogen-bond acceptors (Lipinski definition) is 3. The fourth-order valence-electron chi connectivity index (χ4n) is 3.82. The van der Waals surface area contributed by atoms with E-state index < -0.39 is 0 Å². The maximum atomic E-state index is 12.6. The number of rotatable bonds is 4. The van der Waals surface area contributed by atoms with Gasteiger partial charge in [0.25, 0.3) is 0 Å². The third-order valence-corrected chi connectivity index (χ3v) is 4.79. The fraction of sp³-hybridized carbons (Fsp3) is 0.812. The van der Waals surface area contributed by atoms with Crippen molar-refractivity contribution in [3.8, 4) is 0 Å². The molecule has 0 bridgehead atoms. The van der Waals surface area contributed by atoms with Gasteiger partial charge in [0.05, 0.1) is 18.8 Å². The van der Waals surface area contributed by atoms with Crippen molar-refractivity contribution in [2.24, 2.45) is 5.92 Å². The van der Waals surface area contributed by atoms with E-state index in [2.05, 4.69) is 17.1 Å². The number of amides is 1. The Bertz CT molecular complexity index is 382. The molecule has 20 heavy (non-hydrogen) atoms. The van der Waals surface area contributed by atoms with Crippen LogP contribution in [0.2, 0.25) is 0 Å². The summed E-state index contributed by atoms with van der Waals surface area (Å²) in [4.78, 5) is 14.6. The smallest absolute Gasteiger partial charge is 0.223 e. The largest absolute Gasteiger partial charge is 0.376 e. The molecular weight excluding hydrogens is 254 g/mol. The second-order valence-corrected chi connectivity index (χ2v) is 6.03. The lowest BCUT2D eigenvalue weighted by Crippen LogP contribution is -2.54. The summed E-state index contributed by atoms with van der Waals surface area (Å²) in [5.41, 5.74) is 0. The van der Waals surface area contributed by atoms with Gasteiger partial charge in [0, 0.05) is 19.6 Å². The van der Waals surface area contributed by atoms with Crippen LogP contribution in [-0.4, -0.2) is 48.8 Å². The highest BCUT2D eigenvalue weighted by atomic mass is 16.5. The molecule has 4 atom stereocenters. The van der Waals surface area contributed by atoms with Crippen LogP contribution < -0.4 is 0 Å². The normalized spacial score (nSPS) is 36.4. The minimum Gasteiger partial charge on any atom is -0.376 e. The second-order valence-electron chi connectivity index (χ2n) is 6.03. The number of fused-ring (bicyclic) bond motifs is 1. The van der Waals surface area contributed by atoms with Gasteiger partial charge in [-0.1, -0.05) is 12.2 Å². The van der Waals surface area contributed by atoms with Crippen molar-refractivity contribution in [3.05, 3.63) is 12.2 Å². The van der Waals surface area contributed by atoms with Crippen molar-refractivity contribution < 1.29 is 14.3 Å². The molecule has 4 heteroatoms. The predicted molar refractivity (Wildman–Crippen MR) is 76.4 cm³/mol. The molecular formula is C16H25NO3. The molecule has 0 aromatic rings. The summed E-state index contributed by atoms with van der Waals surface area (Å²) in [5.74, 6) is 0.755. The summed E-state index contributed by atoms with van der Waals surface area (Å²) in [6.07, 6.45) is 9.61. The molecule has 1 aliphatic heterocycles. The standard InChI is InChI=1S/C16H25NO3/c1-2-19-14-8-7-13-16(14)20-10-9-17(13)15(18)11-12-5-3-4-6-12/h3,5,12-14,16H,2,4,6-11H2,1H3/t12-,13-,14-,16+/m0/s1. The Hall–Kier alpha value is -0.870. The molecule has 0 N–H and O–H groups in total. The zero-order chi connectivity index (χ0) is 13.9. The Labute approximate surface area is 121 Å². The van der Waals surface area contributed by atoms with Crippen LogP contribution in [-0.2, 0) is 14.3 Å². The number of nitrogens with zero attached hydrogens (tertiary/aromatic N) is 1. The molecule has 4 nitrogen and oxygen atoms in total. The summed E-state index contributed by atoms with van der Waals surface area (Å²) in [6, 6.07) is 0.234. The molecule has 1 heterocycles. The molecule has 1 saturated carbocycles. The minimum absolute atomic E-state index is 0.0896. The van der Waals surface area contributed by atoms with E-state index >= 15 is 0 Å². The van der Waals surface area contributed by atoms with E-state index in [0.29, 0.717) is 24.9 Å². The Morgan fingerprint density at radius 1 is 1.40 bits per heavy atom. The quantitative estimate of drug-likeness (QED) is 0.740. The third-order valence-electron chi connectivity index (χ3n) is 4.79. The molecule has 3 rings (SSSR count). The molecule has 0 aromatic heterocycles. The van der Waals surface area contributed by atoms with Gasteiger partial charge < -0.3 is 14.4 Å². The average molecular weight is 279 g/mol. The van der Waals surface area contributed by atoms with Crippen LogP contribution in [0.15, 0.2) is 12.2 Å². The number of ether oxygens (including phenoxy) is 2. The van der Waals surface area contributed by atoms with Gasteiger partial charge in [-0.2, -0.15) is 0 Å². The van der Waals surface area contributed by atoms with Crippen LogP contribution in [0.1, 0.15) is 39.0 Å². The summed E-state index contributed by atoms with van der Waals surface area (Å²) < 4.78 is 11.6. The highest BCUT2D eigenvalue weighted by molar-refractivity contribution is 5.77. The molecule has 3 aliphatic rings. The van der Waals surface area contributed by atoms with Gasteiger partial charge in [-0.05, 0) is 38.5 Å². The Morgan fingerprint density at radius 3 is 3.05 bits per heavy atom. The van der Waals surface area contributed by atoms with E-state index in [0.717, 1.165) is 38.8 Å². The van der Waals surface area contributed by atoms with Gasteiger partial charge in [-0.15, -0.1) is 0 Å². The van der Waals surface area contributed by atoms with Gasteiger partial charge in [0.2, 0.25) is 5.91 Å².